The highest BCUT2D eigenvalue weighted by Crippen LogP contribution is 2.34. The second-order valence-corrected chi connectivity index (χ2v) is 6.67. The van der Waals surface area contributed by atoms with Crippen LogP contribution in [0.2, 0.25) is 0 Å². The van der Waals surface area contributed by atoms with Crippen molar-refractivity contribution in [2.24, 2.45) is 0 Å². The number of esters is 1. The number of anilines is 1. The molecule has 114 valence electrons. The summed E-state index contributed by atoms with van der Waals surface area (Å²) in [5.41, 5.74) is 1.48. The van der Waals surface area contributed by atoms with Gasteiger partial charge >= 0.3 is 5.97 Å². The standard InChI is InChI=1S/C14H17NO5S/c1-5-19-14(16)13-9(2)12-10(15(3)21(4,17)18)7-6-8-11(12)20-13/h6-8H,5H2,1-4H3. The predicted octanol–water partition coefficient (Wildman–Crippen LogP) is 2.31. The zero-order chi connectivity index (χ0) is 15.8. The molecule has 0 radical (unpaired) electrons. The Labute approximate surface area is 123 Å². The van der Waals surface area contributed by atoms with Crippen LogP contribution in [0, 0.1) is 6.92 Å². The number of carbonyl (C=O) groups is 1. The molecule has 0 atom stereocenters. The van der Waals surface area contributed by atoms with Crippen molar-refractivity contribution >= 4 is 32.6 Å². The molecule has 0 spiro atoms. The lowest BCUT2D eigenvalue weighted by molar-refractivity contribution is 0.0491. The van der Waals surface area contributed by atoms with Crippen LogP contribution in [0.5, 0.6) is 0 Å². The SMILES string of the molecule is CCOC(=O)c1oc2cccc(N(C)S(C)(=O)=O)c2c1C. The van der Waals surface area contributed by atoms with Crippen LogP contribution >= 0.6 is 0 Å². The molecule has 1 heterocycles. The molecule has 0 amide bonds. The Morgan fingerprint density at radius 3 is 2.62 bits per heavy atom. The van der Waals surface area contributed by atoms with E-state index in [1.54, 1.807) is 32.0 Å². The molecular weight excluding hydrogens is 294 g/mol. The van der Waals surface area contributed by atoms with Gasteiger partial charge in [-0.2, -0.15) is 0 Å². The van der Waals surface area contributed by atoms with E-state index in [0.717, 1.165) is 10.6 Å². The first-order valence-corrected chi connectivity index (χ1v) is 8.25. The largest absolute Gasteiger partial charge is 0.460 e. The molecule has 0 aliphatic carbocycles. The van der Waals surface area contributed by atoms with E-state index in [9.17, 15) is 13.2 Å². The topological polar surface area (TPSA) is 76.8 Å². The smallest absolute Gasteiger partial charge is 0.374 e. The van der Waals surface area contributed by atoms with Crippen molar-refractivity contribution in [1.29, 1.82) is 0 Å². The number of nitrogens with zero attached hydrogens (tertiary/aromatic N) is 1. The van der Waals surface area contributed by atoms with Gasteiger partial charge in [0, 0.05) is 18.0 Å². The van der Waals surface area contributed by atoms with E-state index in [-0.39, 0.29) is 12.4 Å². The molecule has 0 aliphatic rings. The summed E-state index contributed by atoms with van der Waals surface area (Å²) in [6, 6.07) is 5.03. The molecule has 7 heteroatoms. The van der Waals surface area contributed by atoms with Crippen LogP contribution in [-0.4, -0.2) is 34.3 Å². The lowest BCUT2D eigenvalue weighted by atomic mass is 10.1. The predicted molar refractivity (Wildman–Crippen MR) is 80.2 cm³/mol. The fourth-order valence-corrected chi connectivity index (χ4v) is 2.62. The van der Waals surface area contributed by atoms with Crippen LogP contribution in [0.15, 0.2) is 22.6 Å². The number of furan rings is 1. The number of aryl methyl sites for hydroxylation is 1. The Balaban J connectivity index is 2.68. The quantitative estimate of drug-likeness (QED) is 0.810. The maximum absolute atomic E-state index is 11.9. The van der Waals surface area contributed by atoms with Crippen molar-refractivity contribution in [2.45, 2.75) is 13.8 Å². The van der Waals surface area contributed by atoms with Crippen molar-refractivity contribution in [2.75, 3.05) is 24.2 Å². The van der Waals surface area contributed by atoms with Gasteiger partial charge < -0.3 is 9.15 Å². The van der Waals surface area contributed by atoms with Gasteiger partial charge in [0.1, 0.15) is 5.58 Å². The van der Waals surface area contributed by atoms with Gasteiger partial charge in [-0.3, -0.25) is 4.31 Å². The van der Waals surface area contributed by atoms with Crippen molar-refractivity contribution in [3.8, 4) is 0 Å². The molecule has 0 saturated heterocycles. The van der Waals surface area contributed by atoms with Crippen LogP contribution in [0.1, 0.15) is 23.0 Å². The van der Waals surface area contributed by atoms with Crippen molar-refractivity contribution in [1.82, 2.24) is 0 Å². The first-order valence-electron chi connectivity index (χ1n) is 6.40. The summed E-state index contributed by atoms with van der Waals surface area (Å²) in [4.78, 5) is 11.9. The molecule has 1 aromatic carbocycles. The highest BCUT2D eigenvalue weighted by molar-refractivity contribution is 7.92. The summed E-state index contributed by atoms with van der Waals surface area (Å²) in [5.74, 6) is -0.458. The number of ether oxygens (including phenoxy) is 1. The van der Waals surface area contributed by atoms with Gasteiger partial charge in [0.15, 0.2) is 0 Å². The maximum atomic E-state index is 11.9. The Bertz CT molecular complexity index is 791. The molecule has 6 nitrogen and oxygen atoms in total. The van der Waals surface area contributed by atoms with Crippen molar-refractivity contribution in [3.63, 3.8) is 0 Å². The highest BCUT2D eigenvalue weighted by Gasteiger charge is 2.23. The van der Waals surface area contributed by atoms with Gasteiger partial charge in [-0.15, -0.1) is 0 Å². The van der Waals surface area contributed by atoms with Gasteiger partial charge in [-0.05, 0) is 26.0 Å². The normalized spacial score (nSPS) is 11.6. The van der Waals surface area contributed by atoms with E-state index in [1.165, 1.54) is 7.05 Å². The first-order chi connectivity index (χ1) is 9.77. The van der Waals surface area contributed by atoms with E-state index < -0.39 is 16.0 Å². The minimum atomic E-state index is -3.41. The van der Waals surface area contributed by atoms with Gasteiger partial charge in [-0.1, -0.05) is 6.07 Å². The van der Waals surface area contributed by atoms with Crippen LogP contribution < -0.4 is 4.31 Å². The Kier molecular flexibility index (Phi) is 3.95. The Morgan fingerprint density at radius 1 is 1.38 bits per heavy atom. The number of benzene rings is 1. The third kappa shape index (κ3) is 2.73. The number of fused-ring (bicyclic) bond motifs is 1. The molecule has 0 unspecified atom stereocenters. The minimum Gasteiger partial charge on any atom is -0.460 e. The average molecular weight is 311 g/mol. The zero-order valence-corrected chi connectivity index (χ0v) is 13.2. The second kappa shape index (κ2) is 5.40. The number of sulfonamides is 1. The van der Waals surface area contributed by atoms with E-state index in [4.69, 9.17) is 9.15 Å². The van der Waals surface area contributed by atoms with E-state index in [1.807, 2.05) is 0 Å². The number of carbonyl (C=O) groups excluding carboxylic acids is 1. The van der Waals surface area contributed by atoms with Gasteiger partial charge in [0.05, 0.1) is 18.6 Å². The van der Waals surface area contributed by atoms with Crippen LogP contribution in [0.3, 0.4) is 0 Å². The van der Waals surface area contributed by atoms with E-state index in [0.29, 0.717) is 22.2 Å². The lowest BCUT2D eigenvalue weighted by Crippen LogP contribution is -2.25. The molecule has 0 fully saturated rings. The zero-order valence-electron chi connectivity index (χ0n) is 12.3. The summed E-state index contributed by atoms with van der Waals surface area (Å²) in [5, 5.41) is 0.591. The summed E-state index contributed by atoms with van der Waals surface area (Å²) in [6.07, 6.45) is 1.12. The molecule has 0 saturated carbocycles. The average Bonchev–Trinajstić information content (AvgIpc) is 2.75. The monoisotopic (exact) mass is 311 g/mol. The fourth-order valence-electron chi connectivity index (χ4n) is 2.11. The van der Waals surface area contributed by atoms with Crippen LogP contribution in [0.25, 0.3) is 11.0 Å². The third-order valence-electron chi connectivity index (χ3n) is 3.23. The minimum absolute atomic E-state index is 0.0983. The Morgan fingerprint density at radius 2 is 2.05 bits per heavy atom. The van der Waals surface area contributed by atoms with Crippen LogP contribution in [-0.2, 0) is 14.8 Å². The molecule has 2 rings (SSSR count). The molecule has 1 aromatic heterocycles. The Hall–Kier alpha value is -2.02. The number of hydrogen-bond acceptors (Lipinski definition) is 5. The van der Waals surface area contributed by atoms with Crippen LogP contribution in [0.4, 0.5) is 5.69 Å². The molecule has 2 aromatic rings. The highest BCUT2D eigenvalue weighted by atomic mass is 32.2. The van der Waals surface area contributed by atoms with Crippen molar-refractivity contribution < 1.29 is 22.4 Å². The van der Waals surface area contributed by atoms with E-state index >= 15 is 0 Å². The lowest BCUT2D eigenvalue weighted by Gasteiger charge is -2.17. The van der Waals surface area contributed by atoms with Gasteiger partial charge in [0.2, 0.25) is 15.8 Å². The van der Waals surface area contributed by atoms with Crippen molar-refractivity contribution in [3.05, 3.63) is 29.5 Å². The van der Waals surface area contributed by atoms with E-state index in [2.05, 4.69) is 0 Å². The molecule has 0 bridgehead atoms. The van der Waals surface area contributed by atoms with Gasteiger partial charge in [-0.25, -0.2) is 13.2 Å². The molecule has 0 N–H and O–H groups in total. The number of rotatable bonds is 4. The summed E-state index contributed by atoms with van der Waals surface area (Å²) < 4.78 is 35.1. The first kappa shape index (κ1) is 15.4. The fraction of sp³-hybridized carbons (Fsp3) is 0.357. The third-order valence-corrected chi connectivity index (χ3v) is 4.42. The molecular formula is C14H17NO5S. The van der Waals surface area contributed by atoms with Gasteiger partial charge in [0.25, 0.3) is 0 Å². The maximum Gasteiger partial charge on any atom is 0.374 e. The molecule has 0 aliphatic heterocycles. The number of hydrogen-bond donors (Lipinski definition) is 0. The summed E-state index contributed by atoms with van der Waals surface area (Å²) in [7, 11) is -1.95. The summed E-state index contributed by atoms with van der Waals surface area (Å²) >= 11 is 0. The second-order valence-electron chi connectivity index (χ2n) is 4.66. The molecule has 21 heavy (non-hydrogen) atoms. The summed E-state index contributed by atoms with van der Waals surface area (Å²) in [6.45, 7) is 3.65.